The second-order valence-electron chi connectivity index (χ2n) is 7.10. The molecule has 0 bridgehead atoms. The molecule has 0 aliphatic carbocycles. The zero-order chi connectivity index (χ0) is 16.4. The van der Waals surface area contributed by atoms with Crippen LogP contribution in [0.3, 0.4) is 0 Å². The average molecular weight is 321 g/mol. The normalized spacial score (nSPS) is 18.3. The molecule has 1 aromatic carbocycles. The number of carbonyl (C=O) groups is 1. The van der Waals surface area contributed by atoms with Crippen LogP contribution >= 0.6 is 11.8 Å². The Kier molecular flexibility index (Phi) is 5.23. The number of piperidine rings is 1. The summed E-state index contributed by atoms with van der Waals surface area (Å²) in [6.07, 6.45) is 1.23. The van der Waals surface area contributed by atoms with Crippen molar-refractivity contribution in [3.05, 3.63) is 35.4 Å². The van der Waals surface area contributed by atoms with Gasteiger partial charge >= 0.3 is 0 Å². The zero-order valence-corrected chi connectivity index (χ0v) is 14.9. The first-order valence-corrected chi connectivity index (χ1v) is 8.90. The van der Waals surface area contributed by atoms with Crippen molar-refractivity contribution in [3.8, 4) is 0 Å². The molecule has 1 heterocycles. The highest BCUT2D eigenvalue weighted by Crippen LogP contribution is 2.37. The third-order valence-electron chi connectivity index (χ3n) is 4.22. The van der Waals surface area contributed by atoms with E-state index in [1.807, 2.05) is 34.9 Å². The Morgan fingerprint density at radius 3 is 2.41 bits per heavy atom. The molecule has 0 atom stereocenters. The van der Waals surface area contributed by atoms with Crippen LogP contribution in [0.5, 0.6) is 0 Å². The van der Waals surface area contributed by atoms with E-state index in [1.54, 1.807) is 6.92 Å². The van der Waals surface area contributed by atoms with E-state index in [0.29, 0.717) is 25.9 Å². The third-order valence-corrected chi connectivity index (χ3v) is 5.54. The van der Waals surface area contributed by atoms with Gasteiger partial charge in [-0.05, 0) is 24.0 Å². The van der Waals surface area contributed by atoms with E-state index in [9.17, 15) is 9.90 Å². The number of hydrogen-bond donors (Lipinski definition) is 1. The predicted octanol–water partition coefficient (Wildman–Crippen LogP) is 3.55. The van der Waals surface area contributed by atoms with Crippen molar-refractivity contribution in [1.82, 2.24) is 4.90 Å². The molecule has 22 heavy (non-hydrogen) atoms. The number of hydrogen-bond acceptors (Lipinski definition) is 3. The molecule has 1 saturated heterocycles. The number of rotatable bonds is 3. The molecule has 0 saturated carbocycles. The first-order chi connectivity index (χ1) is 10.2. The summed E-state index contributed by atoms with van der Waals surface area (Å²) in [4.78, 5) is 13.3. The van der Waals surface area contributed by atoms with Crippen molar-refractivity contribution in [2.24, 2.45) is 0 Å². The fourth-order valence-corrected chi connectivity index (χ4v) is 3.70. The smallest absolute Gasteiger partial charge is 0.219 e. The molecule has 3 nitrogen and oxygen atoms in total. The van der Waals surface area contributed by atoms with Gasteiger partial charge < -0.3 is 10.0 Å². The topological polar surface area (TPSA) is 40.5 Å². The van der Waals surface area contributed by atoms with Crippen molar-refractivity contribution in [1.29, 1.82) is 0 Å². The lowest BCUT2D eigenvalue weighted by molar-refractivity contribution is -0.133. The monoisotopic (exact) mass is 321 g/mol. The molecule has 1 aliphatic heterocycles. The Bertz CT molecular complexity index is 528. The number of aliphatic hydroxyl groups is 1. The number of benzene rings is 1. The molecule has 2 rings (SSSR count). The van der Waals surface area contributed by atoms with Crippen molar-refractivity contribution in [2.75, 3.05) is 13.1 Å². The van der Waals surface area contributed by atoms with Crippen molar-refractivity contribution < 1.29 is 9.90 Å². The van der Waals surface area contributed by atoms with Gasteiger partial charge in [-0.25, -0.2) is 0 Å². The number of carbonyl (C=O) groups excluding carboxylic acids is 1. The summed E-state index contributed by atoms with van der Waals surface area (Å²) in [6, 6.07) is 8.19. The van der Waals surface area contributed by atoms with E-state index in [1.165, 1.54) is 5.56 Å². The minimum absolute atomic E-state index is 0.0959. The second kappa shape index (κ2) is 6.63. The SMILES string of the molecule is CC(=O)N1CCC(O)(c2ccccc2CSC(C)(C)C)CC1. The maximum absolute atomic E-state index is 11.5. The maximum Gasteiger partial charge on any atom is 0.219 e. The lowest BCUT2D eigenvalue weighted by Gasteiger charge is -2.39. The summed E-state index contributed by atoms with van der Waals surface area (Å²) in [5, 5.41) is 11.1. The van der Waals surface area contributed by atoms with E-state index in [0.717, 1.165) is 11.3 Å². The summed E-state index contributed by atoms with van der Waals surface area (Å²) in [6.45, 7) is 9.48. The summed E-state index contributed by atoms with van der Waals surface area (Å²) in [5.41, 5.74) is 1.44. The molecule has 1 aromatic rings. The van der Waals surface area contributed by atoms with Gasteiger partial charge in [0.05, 0.1) is 5.60 Å². The van der Waals surface area contributed by atoms with Gasteiger partial charge in [0.2, 0.25) is 5.91 Å². The number of likely N-dealkylation sites (tertiary alicyclic amines) is 1. The van der Waals surface area contributed by atoms with Gasteiger partial charge in [0.25, 0.3) is 0 Å². The molecule has 0 unspecified atom stereocenters. The summed E-state index contributed by atoms with van der Waals surface area (Å²) in [7, 11) is 0. The van der Waals surface area contributed by atoms with Crippen molar-refractivity contribution in [3.63, 3.8) is 0 Å². The third kappa shape index (κ3) is 4.26. The Hall–Kier alpha value is -1.00. The van der Waals surface area contributed by atoms with Crippen LogP contribution in [-0.4, -0.2) is 33.8 Å². The largest absolute Gasteiger partial charge is 0.385 e. The molecule has 1 fully saturated rings. The minimum atomic E-state index is -0.805. The first kappa shape index (κ1) is 17.4. The van der Waals surface area contributed by atoms with E-state index in [-0.39, 0.29) is 10.7 Å². The minimum Gasteiger partial charge on any atom is -0.385 e. The quantitative estimate of drug-likeness (QED) is 0.925. The van der Waals surface area contributed by atoms with Gasteiger partial charge in [0, 0.05) is 30.5 Å². The van der Waals surface area contributed by atoms with Crippen LogP contribution in [0.1, 0.15) is 51.7 Å². The Balaban J connectivity index is 2.16. The highest BCUT2D eigenvalue weighted by atomic mass is 32.2. The molecular weight excluding hydrogens is 294 g/mol. The standard InChI is InChI=1S/C18H27NO2S/c1-14(20)19-11-9-18(21,10-12-19)16-8-6-5-7-15(16)13-22-17(2,3)4/h5-8,21H,9-13H2,1-4H3. The molecule has 1 amide bonds. The van der Waals surface area contributed by atoms with E-state index in [4.69, 9.17) is 0 Å². The number of thioether (sulfide) groups is 1. The van der Waals surface area contributed by atoms with Gasteiger partial charge in [-0.2, -0.15) is 11.8 Å². The van der Waals surface area contributed by atoms with Crippen LogP contribution in [0.25, 0.3) is 0 Å². The summed E-state index contributed by atoms with van der Waals surface area (Å²) < 4.78 is 0.202. The van der Waals surface area contributed by atoms with E-state index >= 15 is 0 Å². The van der Waals surface area contributed by atoms with Crippen LogP contribution in [0, 0.1) is 0 Å². The lowest BCUT2D eigenvalue weighted by Crippen LogP contribution is -2.44. The highest BCUT2D eigenvalue weighted by molar-refractivity contribution is 7.99. The Morgan fingerprint density at radius 2 is 1.86 bits per heavy atom. The molecular formula is C18H27NO2S. The van der Waals surface area contributed by atoms with Crippen molar-refractivity contribution in [2.45, 2.75) is 56.6 Å². The van der Waals surface area contributed by atoms with Crippen molar-refractivity contribution >= 4 is 17.7 Å². The van der Waals surface area contributed by atoms with Crippen LogP contribution in [0.2, 0.25) is 0 Å². The lowest BCUT2D eigenvalue weighted by atomic mass is 9.82. The van der Waals surface area contributed by atoms with Gasteiger partial charge in [0.1, 0.15) is 0 Å². The second-order valence-corrected chi connectivity index (χ2v) is 8.90. The predicted molar refractivity (Wildman–Crippen MR) is 92.9 cm³/mol. The Morgan fingerprint density at radius 1 is 1.27 bits per heavy atom. The summed E-state index contributed by atoms with van der Waals surface area (Å²) >= 11 is 1.89. The molecule has 0 spiro atoms. The summed E-state index contributed by atoms with van der Waals surface area (Å²) in [5.74, 6) is 0.997. The van der Waals surface area contributed by atoms with Gasteiger partial charge in [-0.3, -0.25) is 4.79 Å². The van der Waals surface area contributed by atoms with Crippen LogP contribution in [0.4, 0.5) is 0 Å². The molecule has 0 radical (unpaired) electrons. The molecule has 1 aliphatic rings. The van der Waals surface area contributed by atoms with Crippen LogP contribution in [0.15, 0.2) is 24.3 Å². The molecule has 122 valence electrons. The first-order valence-electron chi connectivity index (χ1n) is 7.91. The zero-order valence-electron chi connectivity index (χ0n) is 14.1. The van der Waals surface area contributed by atoms with Crippen LogP contribution in [-0.2, 0) is 16.1 Å². The highest BCUT2D eigenvalue weighted by Gasteiger charge is 2.36. The van der Waals surface area contributed by atoms with E-state index in [2.05, 4.69) is 26.8 Å². The maximum atomic E-state index is 11.5. The molecule has 4 heteroatoms. The van der Waals surface area contributed by atoms with Gasteiger partial charge in [0.15, 0.2) is 0 Å². The van der Waals surface area contributed by atoms with Crippen LogP contribution < -0.4 is 0 Å². The van der Waals surface area contributed by atoms with Gasteiger partial charge in [-0.1, -0.05) is 45.0 Å². The Labute approximate surface area is 138 Å². The van der Waals surface area contributed by atoms with E-state index < -0.39 is 5.60 Å². The fraction of sp³-hybridized carbons (Fsp3) is 0.611. The fourth-order valence-electron chi connectivity index (χ4n) is 2.86. The number of amides is 1. The van der Waals surface area contributed by atoms with Gasteiger partial charge in [-0.15, -0.1) is 0 Å². The molecule has 0 aromatic heterocycles. The molecule has 1 N–H and O–H groups in total. The average Bonchev–Trinajstić information content (AvgIpc) is 2.45. The number of nitrogens with zero attached hydrogens (tertiary/aromatic N) is 1.